The Labute approximate surface area is 96.6 Å². The molecule has 2 rings (SSSR count). The topological polar surface area (TPSA) is 26.3 Å². The normalized spacial score (nSPS) is 18.2. The molecule has 0 amide bonds. The van der Waals surface area contributed by atoms with E-state index in [2.05, 4.69) is 25.1 Å². The molecule has 2 heteroatoms. The molecule has 0 aromatic heterocycles. The lowest BCUT2D eigenvalue weighted by atomic mass is 9.97. The van der Waals surface area contributed by atoms with E-state index in [0.717, 1.165) is 12.8 Å². The average Bonchev–Trinajstić information content (AvgIpc) is 2.61. The SMILES string of the molecule is CCOC(=O)C[C@@H]1CCc2cc(C)ccc21. The van der Waals surface area contributed by atoms with Gasteiger partial charge in [0.25, 0.3) is 0 Å². The van der Waals surface area contributed by atoms with Gasteiger partial charge in [0.1, 0.15) is 0 Å². The van der Waals surface area contributed by atoms with Crippen LogP contribution in [0.1, 0.15) is 42.4 Å². The van der Waals surface area contributed by atoms with Crippen LogP contribution in [0.15, 0.2) is 18.2 Å². The number of aryl methyl sites for hydroxylation is 2. The zero-order valence-corrected chi connectivity index (χ0v) is 9.95. The minimum absolute atomic E-state index is 0.0686. The number of ether oxygens (including phenoxy) is 1. The van der Waals surface area contributed by atoms with E-state index in [-0.39, 0.29) is 5.97 Å². The number of carbonyl (C=O) groups excluding carboxylic acids is 1. The molecule has 0 bridgehead atoms. The summed E-state index contributed by atoms with van der Waals surface area (Å²) in [4.78, 5) is 11.5. The Kier molecular flexibility index (Phi) is 3.28. The minimum atomic E-state index is -0.0686. The van der Waals surface area contributed by atoms with Crippen molar-refractivity contribution in [3.8, 4) is 0 Å². The smallest absolute Gasteiger partial charge is 0.306 e. The fourth-order valence-corrected chi connectivity index (χ4v) is 2.47. The van der Waals surface area contributed by atoms with Crippen molar-refractivity contribution in [1.29, 1.82) is 0 Å². The van der Waals surface area contributed by atoms with Crippen LogP contribution in [0.3, 0.4) is 0 Å². The van der Waals surface area contributed by atoms with Crippen molar-refractivity contribution in [2.24, 2.45) is 0 Å². The van der Waals surface area contributed by atoms with Crippen molar-refractivity contribution in [3.63, 3.8) is 0 Å². The van der Waals surface area contributed by atoms with Gasteiger partial charge < -0.3 is 4.74 Å². The molecular formula is C14H18O2. The second-order valence-corrected chi connectivity index (χ2v) is 4.45. The molecule has 86 valence electrons. The molecule has 1 aliphatic carbocycles. The molecule has 0 saturated carbocycles. The van der Waals surface area contributed by atoms with Crippen LogP contribution in [0.4, 0.5) is 0 Å². The van der Waals surface area contributed by atoms with Crippen molar-refractivity contribution in [2.45, 2.75) is 39.0 Å². The summed E-state index contributed by atoms with van der Waals surface area (Å²) in [5, 5.41) is 0. The number of benzene rings is 1. The second-order valence-electron chi connectivity index (χ2n) is 4.45. The fourth-order valence-electron chi connectivity index (χ4n) is 2.47. The van der Waals surface area contributed by atoms with Gasteiger partial charge in [0.15, 0.2) is 0 Å². The van der Waals surface area contributed by atoms with Gasteiger partial charge in [-0.05, 0) is 43.7 Å². The summed E-state index contributed by atoms with van der Waals surface area (Å²) >= 11 is 0. The first kappa shape index (κ1) is 11.2. The Balaban J connectivity index is 2.09. The van der Waals surface area contributed by atoms with Crippen LogP contribution >= 0.6 is 0 Å². The summed E-state index contributed by atoms with van der Waals surface area (Å²) in [6, 6.07) is 6.53. The monoisotopic (exact) mass is 218 g/mol. The molecule has 0 unspecified atom stereocenters. The summed E-state index contributed by atoms with van der Waals surface area (Å²) in [6.07, 6.45) is 2.71. The third kappa shape index (κ3) is 2.26. The van der Waals surface area contributed by atoms with Crippen LogP contribution < -0.4 is 0 Å². The lowest BCUT2D eigenvalue weighted by molar-refractivity contribution is -0.143. The molecule has 0 saturated heterocycles. The van der Waals surface area contributed by atoms with Crippen molar-refractivity contribution in [2.75, 3.05) is 6.61 Å². The van der Waals surface area contributed by atoms with E-state index in [1.165, 1.54) is 16.7 Å². The summed E-state index contributed by atoms with van der Waals surface area (Å²) < 4.78 is 5.00. The molecule has 0 radical (unpaired) electrons. The summed E-state index contributed by atoms with van der Waals surface area (Å²) in [6.45, 7) is 4.44. The molecule has 1 atom stereocenters. The molecule has 0 heterocycles. The number of esters is 1. The van der Waals surface area contributed by atoms with Crippen molar-refractivity contribution in [1.82, 2.24) is 0 Å². The Hall–Kier alpha value is -1.31. The lowest BCUT2D eigenvalue weighted by Crippen LogP contribution is -2.08. The van der Waals surface area contributed by atoms with Crippen LogP contribution in [0.5, 0.6) is 0 Å². The van der Waals surface area contributed by atoms with E-state index in [4.69, 9.17) is 4.74 Å². The van der Waals surface area contributed by atoms with E-state index >= 15 is 0 Å². The largest absolute Gasteiger partial charge is 0.466 e. The predicted octanol–water partition coefficient (Wildman–Crippen LogP) is 2.98. The minimum Gasteiger partial charge on any atom is -0.466 e. The van der Waals surface area contributed by atoms with Gasteiger partial charge in [-0.2, -0.15) is 0 Å². The number of carbonyl (C=O) groups is 1. The zero-order chi connectivity index (χ0) is 11.5. The second kappa shape index (κ2) is 4.69. The van der Waals surface area contributed by atoms with Crippen molar-refractivity contribution in [3.05, 3.63) is 34.9 Å². The Bertz CT molecular complexity index is 396. The highest BCUT2D eigenvalue weighted by atomic mass is 16.5. The average molecular weight is 218 g/mol. The van der Waals surface area contributed by atoms with Gasteiger partial charge in [0.05, 0.1) is 13.0 Å². The first-order valence-electron chi connectivity index (χ1n) is 5.95. The Morgan fingerprint density at radius 3 is 3.06 bits per heavy atom. The molecule has 0 fully saturated rings. The van der Waals surface area contributed by atoms with Crippen LogP contribution in [-0.2, 0) is 16.0 Å². The first-order valence-corrected chi connectivity index (χ1v) is 5.95. The predicted molar refractivity (Wildman–Crippen MR) is 63.5 cm³/mol. The summed E-state index contributed by atoms with van der Waals surface area (Å²) in [5.74, 6) is 0.301. The van der Waals surface area contributed by atoms with Crippen LogP contribution in [0, 0.1) is 6.92 Å². The number of rotatable bonds is 3. The van der Waals surface area contributed by atoms with Gasteiger partial charge in [-0.3, -0.25) is 4.79 Å². The lowest BCUT2D eigenvalue weighted by Gasteiger charge is -2.10. The molecule has 16 heavy (non-hydrogen) atoms. The fraction of sp³-hybridized carbons (Fsp3) is 0.500. The highest BCUT2D eigenvalue weighted by Gasteiger charge is 2.24. The summed E-state index contributed by atoms with van der Waals surface area (Å²) in [7, 11) is 0. The van der Waals surface area contributed by atoms with E-state index in [1.807, 2.05) is 6.92 Å². The molecule has 1 aromatic carbocycles. The van der Waals surface area contributed by atoms with Gasteiger partial charge in [-0.15, -0.1) is 0 Å². The van der Waals surface area contributed by atoms with Gasteiger partial charge in [0, 0.05) is 0 Å². The first-order chi connectivity index (χ1) is 7.70. The molecule has 1 aromatic rings. The number of hydrogen-bond acceptors (Lipinski definition) is 2. The molecule has 0 aliphatic heterocycles. The highest BCUT2D eigenvalue weighted by molar-refractivity contribution is 5.71. The van der Waals surface area contributed by atoms with E-state index in [0.29, 0.717) is 18.9 Å². The number of fused-ring (bicyclic) bond motifs is 1. The van der Waals surface area contributed by atoms with Gasteiger partial charge in [-0.25, -0.2) is 0 Å². The van der Waals surface area contributed by atoms with E-state index in [1.54, 1.807) is 0 Å². The maximum Gasteiger partial charge on any atom is 0.306 e. The molecular weight excluding hydrogens is 200 g/mol. The quantitative estimate of drug-likeness (QED) is 0.729. The van der Waals surface area contributed by atoms with Gasteiger partial charge in [-0.1, -0.05) is 23.8 Å². The van der Waals surface area contributed by atoms with Crippen LogP contribution in [0.25, 0.3) is 0 Å². The van der Waals surface area contributed by atoms with E-state index < -0.39 is 0 Å². The van der Waals surface area contributed by atoms with Crippen molar-refractivity contribution < 1.29 is 9.53 Å². The van der Waals surface area contributed by atoms with E-state index in [9.17, 15) is 4.79 Å². The third-order valence-electron chi connectivity index (χ3n) is 3.22. The van der Waals surface area contributed by atoms with Crippen LogP contribution in [0.2, 0.25) is 0 Å². The molecule has 2 nitrogen and oxygen atoms in total. The van der Waals surface area contributed by atoms with Gasteiger partial charge in [0.2, 0.25) is 0 Å². The van der Waals surface area contributed by atoms with Gasteiger partial charge >= 0.3 is 5.97 Å². The maximum absolute atomic E-state index is 11.5. The third-order valence-corrected chi connectivity index (χ3v) is 3.22. The highest BCUT2D eigenvalue weighted by Crippen LogP contribution is 2.35. The standard InChI is InChI=1S/C14H18O2/c1-3-16-14(15)9-12-6-5-11-8-10(2)4-7-13(11)12/h4,7-8,12H,3,5-6,9H2,1-2H3/t12-/m0/s1. The van der Waals surface area contributed by atoms with Crippen molar-refractivity contribution >= 4 is 5.97 Å². The number of hydrogen-bond donors (Lipinski definition) is 0. The Morgan fingerprint density at radius 1 is 1.50 bits per heavy atom. The molecule has 1 aliphatic rings. The zero-order valence-electron chi connectivity index (χ0n) is 9.95. The summed E-state index contributed by atoms with van der Waals surface area (Å²) in [5.41, 5.74) is 4.06. The van der Waals surface area contributed by atoms with Crippen LogP contribution in [-0.4, -0.2) is 12.6 Å². The molecule has 0 N–H and O–H groups in total. The molecule has 0 spiro atoms. The Morgan fingerprint density at radius 2 is 2.31 bits per heavy atom. The maximum atomic E-state index is 11.5.